The van der Waals surface area contributed by atoms with E-state index in [1.165, 1.54) is 32.1 Å². The Hall–Kier alpha value is -0.950. The normalized spacial score (nSPS) is 13.3. The first-order valence-electron chi connectivity index (χ1n) is 11.2. The molecule has 0 aliphatic rings. The van der Waals surface area contributed by atoms with E-state index in [0.29, 0.717) is 25.6 Å². The summed E-state index contributed by atoms with van der Waals surface area (Å²) in [6.07, 6.45) is 9.31. The van der Waals surface area contributed by atoms with Crippen molar-refractivity contribution in [1.29, 1.82) is 0 Å². The molecule has 1 rings (SSSR count). The molecule has 1 unspecified atom stereocenters. The van der Waals surface area contributed by atoms with Gasteiger partial charge >= 0.3 is 7.82 Å². The van der Waals surface area contributed by atoms with Crippen molar-refractivity contribution in [2.24, 2.45) is 0 Å². The molecule has 0 aliphatic carbocycles. The minimum atomic E-state index is -3.85. The van der Waals surface area contributed by atoms with E-state index in [1.807, 2.05) is 13.0 Å². The number of phosphoric acid groups is 1. The van der Waals surface area contributed by atoms with Crippen LogP contribution in [0.5, 0.6) is 5.75 Å². The van der Waals surface area contributed by atoms with Crippen LogP contribution in [-0.2, 0) is 27.8 Å². The molecule has 1 atom stereocenters. The first kappa shape index (κ1) is 27.1. The van der Waals surface area contributed by atoms with E-state index >= 15 is 0 Å². The second-order valence-corrected chi connectivity index (χ2v) is 8.43. The van der Waals surface area contributed by atoms with Crippen molar-refractivity contribution in [3.05, 3.63) is 30.3 Å². The summed E-state index contributed by atoms with van der Waals surface area (Å²) in [5.41, 5.74) is 0. The largest absolute Gasteiger partial charge is 0.511 e. The maximum atomic E-state index is 12.9. The molecule has 0 fully saturated rings. The molecule has 1 aromatic carbocycles. The highest BCUT2D eigenvalue weighted by molar-refractivity contribution is 7.48. The van der Waals surface area contributed by atoms with Crippen LogP contribution in [0.1, 0.15) is 65.2 Å². The molecule has 174 valence electrons. The van der Waals surface area contributed by atoms with E-state index in [-0.39, 0.29) is 19.8 Å². The first-order chi connectivity index (χ1) is 14.7. The number of benzene rings is 1. The van der Waals surface area contributed by atoms with Crippen molar-refractivity contribution in [3.63, 3.8) is 0 Å². The second-order valence-electron chi connectivity index (χ2n) is 6.87. The van der Waals surface area contributed by atoms with E-state index in [1.54, 1.807) is 24.3 Å². The number of rotatable bonds is 21. The molecule has 0 aliphatic heterocycles. The topological polar surface area (TPSA) is 72.5 Å². The summed E-state index contributed by atoms with van der Waals surface area (Å²) < 4.78 is 39.3. The van der Waals surface area contributed by atoms with E-state index < -0.39 is 7.82 Å². The van der Waals surface area contributed by atoms with Gasteiger partial charge in [-0.3, -0.25) is 9.05 Å². The van der Waals surface area contributed by atoms with E-state index in [4.69, 9.17) is 28.1 Å². The molecule has 8 heteroatoms. The minimum Gasteiger partial charge on any atom is -0.379 e. The summed E-state index contributed by atoms with van der Waals surface area (Å²) >= 11 is 0. The van der Waals surface area contributed by atoms with Crippen LogP contribution in [0.3, 0.4) is 0 Å². The summed E-state index contributed by atoms with van der Waals surface area (Å²) in [5, 5.41) is 0. The Bertz CT molecular complexity index is 542. The molecule has 0 saturated carbocycles. The number of ether oxygens (including phenoxy) is 2. The van der Waals surface area contributed by atoms with Crippen LogP contribution in [0.15, 0.2) is 30.3 Å². The monoisotopic (exact) mass is 446 g/mol. The number of para-hydroxylation sites is 1. The Balaban J connectivity index is 2.29. The third kappa shape index (κ3) is 14.9. The molecule has 0 amide bonds. The smallest absolute Gasteiger partial charge is 0.379 e. The third-order valence-corrected chi connectivity index (χ3v) is 5.52. The highest BCUT2D eigenvalue weighted by Crippen LogP contribution is 2.49. The van der Waals surface area contributed by atoms with Crippen molar-refractivity contribution < 1.29 is 32.6 Å². The average Bonchev–Trinajstić information content (AvgIpc) is 2.77. The van der Waals surface area contributed by atoms with Gasteiger partial charge in [-0.2, -0.15) is 0 Å². The SMILES string of the molecule is CCCCCCCCCCOP(=O)(OCCOCCOCC)OOc1ccccc1. The van der Waals surface area contributed by atoms with Crippen molar-refractivity contribution in [3.8, 4) is 5.75 Å². The minimum absolute atomic E-state index is 0.0684. The predicted molar refractivity (Wildman–Crippen MR) is 118 cm³/mol. The molecule has 0 bridgehead atoms. The lowest BCUT2D eigenvalue weighted by molar-refractivity contribution is -0.134. The van der Waals surface area contributed by atoms with Crippen molar-refractivity contribution in [2.45, 2.75) is 65.2 Å². The lowest BCUT2D eigenvalue weighted by Crippen LogP contribution is -2.11. The van der Waals surface area contributed by atoms with Crippen LogP contribution in [0.25, 0.3) is 0 Å². The molecule has 0 heterocycles. The molecule has 0 aromatic heterocycles. The number of phosphoric ester groups is 1. The quantitative estimate of drug-likeness (QED) is 0.0945. The fourth-order valence-corrected chi connectivity index (χ4v) is 3.62. The summed E-state index contributed by atoms with van der Waals surface area (Å²) in [6, 6.07) is 8.82. The van der Waals surface area contributed by atoms with Gasteiger partial charge in [-0.1, -0.05) is 74.7 Å². The van der Waals surface area contributed by atoms with Gasteiger partial charge < -0.3 is 14.4 Å². The lowest BCUT2D eigenvalue weighted by Gasteiger charge is -2.17. The summed E-state index contributed by atoms with van der Waals surface area (Å²) in [6.45, 7) is 6.36. The van der Waals surface area contributed by atoms with Crippen LogP contribution < -0.4 is 4.89 Å². The van der Waals surface area contributed by atoms with E-state index in [0.717, 1.165) is 19.3 Å². The molecule has 30 heavy (non-hydrogen) atoms. The standard InChI is InChI=1S/C22H39O7P/c1-3-5-6-7-8-9-10-14-17-26-30(23,27-21-20-25-19-18-24-4-2)29-28-22-15-12-11-13-16-22/h11-13,15-16H,3-10,14,17-21H2,1-2H3. The number of hydrogen-bond acceptors (Lipinski definition) is 7. The van der Waals surface area contributed by atoms with Gasteiger partial charge in [0.25, 0.3) is 0 Å². The van der Waals surface area contributed by atoms with Gasteiger partial charge in [0.05, 0.1) is 33.0 Å². The van der Waals surface area contributed by atoms with Crippen LogP contribution in [0.4, 0.5) is 0 Å². The zero-order chi connectivity index (χ0) is 21.8. The molecular weight excluding hydrogens is 407 g/mol. The molecule has 0 saturated heterocycles. The van der Waals surface area contributed by atoms with Gasteiger partial charge in [0, 0.05) is 6.61 Å². The van der Waals surface area contributed by atoms with Crippen molar-refractivity contribution in [1.82, 2.24) is 0 Å². The molecular formula is C22H39O7P. The Morgan fingerprint density at radius 3 is 2.00 bits per heavy atom. The molecule has 0 radical (unpaired) electrons. The van der Waals surface area contributed by atoms with Gasteiger partial charge in [0.2, 0.25) is 0 Å². The fourth-order valence-electron chi connectivity index (χ4n) is 2.63. The third-order valence-electron chi connectivity index (χ3n) is 4.27. The zero-order valence-electron chi connectivity index (χ0n) is 18.6. The van der Waals surface area contributed by atoms with Crippen molar-refractivity contribution >= 4 is 7.82 Å². The maximum Gasteiger partial charge on any atom is 0.511 e. The Labute approximate surface area is 181 Å². The maximum absolute atomic E-state index is 12.9. The molecule has 0 spiro atoms. The summed E-state index contributed by atoms with van der Waals surface area (Å²) in [7, 11) is -3.85. The average molecular weight is 447 g/mol. The van der Waals surface area contributed by atoms with Crippen LogP contribution >= 0.6 is 7.82 Å². The second kappa shape index (κ2) is 18.8. The van der Waals surface area contributed by atoms with Gasteiger partial charge in [0.1, 0.15) is 0 Å². The Morgan fingerprint density at radius 2 is 1.30 bits per heavy atom. The number of hydrogen-bond donors (Lipinski definition) is 0. The van der Waals surface area contributed by atoms with Gasteiger partial charge in [-0.05, 0) is 25.5 Å². The van der Waals surface area contributed by atoms with Gasteiger partial charge in [-0.25, -0.2) is 4.57 Å². The van der Waals surface area contributed by atoms with Gasteiger partial charge in [0.15, 0.2) is 5.75 Å². The molecule has 1 aromatic rings. The number of unbranched alkanes of at least 4 members (excludes halogenated alkanes) is 7. The summed E-state index contributed by atoms with van der Waals surface area (Å²) in [4.78, 5) is 5.14. The molecule has 0 N–H and O–H groups in total. The zero-order valence-corrected chi connectivity index (χ0v) is 19.5. The van der Waals surface area contributed by atoms with E-state index in [2.05, 4.69) is 6.92 Å². The van der Waals surface area contributed by atoms with Crippen molar-refractivity contribution in [2.75, 3.05) is 39.6 Å². The molecule has 7 nitrogen and oxygen atoms in total. The van der Waals surface area contributed by atoms with Gasteiger partial charge in [-0.15, -0.1) is 0 Å². The Kier molecular flexibility index (Phi) is 17.0. The predicted octanol–water partition coefficient (Wildman–Crippen LogP) is 6.33. The van der Waals surface area contributed by atoms with Crippen LogP contribution in [-0.4, -0.2) is 39.6 Å². The highest BCUT2D eigenvalue weighted by Gasteiger charge is 2.29. The summed E-state index contributed by atoms with van der Waals surface area (Å²) in [5.74, 6) is 0.421. The Morgan fingerprint density at radius 1 is 0.700 bits per heavy atom. The van der Waals surface area contributed by atoms with E-state index in [9.17, 15) is 4.57 Å². The lowest BCUT2D eigenvalue weighted by atomic mass is 10.1. The first-order valence-corrected chi connectivity index (χ1v) is 12.6. The fraction of sp³-hybridized carbons (Fsp3) is 0.727. The highest BCUT2D eigenvalue weighted by atomic mass is 31.2. The van der Waals surface area contributed by atoms with Crippen LogP contribution in [0, 0.1) is 0 Å². The van der Waals surface area contributed by atoms with Crippen LogP contribution in [0.2, 0.25) is 0 Å².